The average Bonchev–Trinajstić information content (AvgIpc) is 3.28. The van der Waals surface area contributed by atoms with Gasteiger partial charge in [-0.15, -0.1) is 4.59 Å². The standard InChI is InChI=1S/C29H29F3N8O4S/c1-45(43,44)39-16-21(17-39)28(42)38-11-2-3-20(15-38)25-23-14-34-10-12-40(23,33)26(37-25)18-4-6-19(7-5-18)27(41)36-24-13-22(8-9-35-24)29(30,31)32/h4-10,12-14,20-21H,2-3,11,15-17,33H2,1H3/p+1. The predicted octanol–water partition coefficient (Wildman–Crippen LogP) is 2.70. The summed E-state index contributed by atoms with van der Waals surface area (Å²) in [7, 11) is -3.33. The maximum atomic E-state index is 13.2. The molecule has 2 unspecified atom stereocenters. The molecule has 45 heavy (non-hydrogen) atoms. The van der Waals surface area contributed by atoms with E-state index in [-0.39, 0.29) is 46.8 Å². The Morgan fingerprint density at radius 3 is 2.53 bits per heavy atom. The van der Waals surface area contributed by atoms with Crippen molar-refractivity contribution in [1.82, 2.24) is 14.2 Å². The third kappa shape index (κ3) is 5.93. The number of amidine groups is 1. The molecular weight excluding hydrogens is 613 g/mol. The van der Waals surface area contributed by atoms with E-state index in [1.165, 1.54) is 16.4 Å². The number of rotatable bonds is 6. The summed E-state index contributed by atoms with van der Waals surface area (Å²) in [6.07, 6.45) is 3.92. The topological polar surface area (TPSA) is 150 Å². The number of piperidine rings is 1. The molecule has 236 valence electrons. The zero-order valence-corrected chi connectivity index (χ0v) is 24.9. The van der Waals surface area contributed by atoms with Gasteiger partial charge in [0.2, 0.25) is 21.6 Å². The molecule has 0 radical (unpaired) electrons. The number of nitrogens with two attached hydrogens (primary N) is 1. The van der Waals surface area contributed by atoms with Gasteiger partial charge in [-0.1, -0.05) is 0 Å². The number of pyridine rings is 1. The number of nitrogens with one attached hydrogen (secondary N) is 1. The first-order chi connectivity index (χ1) is 21.2. The minimum Gasteiger partial charge on any atom is -0.342 e. The fraction of sp³-hybridized carbons (Fsp3) is 0.345. The van der Waals surface area contributed by atoms with Gasteiger partial charge < -0.3 is 10.2 Å². The number of carbonyl (C=O) groups excluding carboxylic acids is 2. The van der Waals surface area contributed by atoms with Gasteiger partial charge in [-0.2, -0.15) is 24.0 Å². The fourth-order valence-electron chi connectivity index (χ4n) is 5.86. The van der Waals surface area contributed by atoms with Crippen molar-refractivity contribution < 1.29 is 35.8 Å². The van der Waals surface area contributed by atoms with Crippen LogP contribution >= 0.6 is 0 Å². The Kier molecular flexibility index (Phi) is 7.71. The number of quaternary nitrogens is 1. The Labute approximate surface area is 257 Å². The van der Waals surface area contributed by atoms with Crippen molar-refractivity contribution in [3.8, 4) is 0 Å². The van der Waals surface area contributed by atoms with Gasteiger partial charge in [0.15, 0.2) is 0 Å². The Balaban J connectivity index is 1.19. The number of aliphatic imine (C=N–C) groups is 2. The summed E-state index contributed by atoms with van der Waals surface area (Å²) in [5, 5.41) is 2.39. The number of aromatic nitrogens is 1. The number of carbonyl (C=O) groups is 2. The highest BCUT2D eigenvalue weighted by Crippen LogP contribution is 2.38. The van der Waals surface area contributed by atoms with E-state index in [2.05, 4.69) is 15.3 Å². The van der Waals surface area contributed by atoms with E-state index >= 15 is 0 Å². The van der Waals surface area contributed by atoms with E-state index in [4.69, 9.17) is 10.8 Å². The second kappa shape index (κ2) is 11.3. The molecular formula is C29H30F3N8O4S+. The SMILES string of the molecule is CS(=O)(=O)N1CC(C(=O)N2CCCC(C3=C4C=NC=C[N+]4(N)C(c4ccc(C(=O)Nc5cc(C(F)(F)F)ccn5)cc4)=N3)C2)C1. The molecule has 2 saturated heterocycles. The average molecular weight is 644 g/mol. The van der Waals surface area contributed by atoms with Crippen LogP contribution in [0.15, 0.2) is 76.4 Å². The van der Waals surface area contributed by atoms with E-state index in [0.29, 0.717) is 35.9 Å². The number of halogens is 3. The summed E-state index contributed by atoms with van der Waals surface area (Å²) in [5.74, 6) is 5.89. The van der Waals surface area contributed by atoms with Crippen molar-refractivity contribution in [2.75, 3.05) is 37.8 Å². The maximum Gasteiger partial charge on any atom is 0.416 e. The van der Waals surface area contributed by atoms with Crippen LogP contribution in [0, 0.1) is 11.8 Å². The zero-order valence-electron chi connectivity index (χ0n) is 24.1. The molecule has 4 aliphatic rings. The van der Waals surface area contributed by atoms with Crippen LogP contribution in [0.3, 0.4) is 0 Å². The Morgan fingerprint density at radius 1 is 1.11 bits per heavy atom. The number of amides is 2. The van der Waals surface area contributed by atoms with Crippen LogP contribution in [0.5, 0.6) is 0 Å². The molecule has 16 heteroatoms. The van der Waals surface area contributed by atoms with E-state index in [0.717, 1.165) is 37.4 Å². The summed E-state index contributed by atoms with van der Waals surface area (Å²) in [4.78, 5) is 40.8. The number of hydrogen-bond donors (Lipinski definition) is 2. The summed E-state index contributed by atoms with van der Waals surface area (Å²) in [6.45, 7) is 1.34. The molecule has 1 aromatic heterocycles. The van der Waals surface area contributed by atoms with Crippen molar-refractivity contribution in [2.45, 2.75) is 19.0 Å². The second-order valence-electron chi connectivity index (χ2n) is 11.4. The molecule has 2 aromatic rings. The van der Waals surface area contributed by atoms with Crippen LogP contribution in [0.25, 0.3) is 0 Å². The minimum atomic E-state index is -4.57. The molecule has 0 saturated carbocycles. The van der Waals surface area contributed by atoms with E-state index < -0.39 is 27.7 Å². The van der Waals surface area contributed by atoms with Crippen LogP contribution in [-0.2, 0) is 21.0 Å². The monoisotopic (exact) mass is 643 g/mol. The summed E-state index contributed by atoms with van der Waals surface area (Å²) in [5.41, 5.74) is 1.22. The molecule has 12 nitrogen and oxygen atoms in total. The number of hydrogen-bond acceptors (Lipinski definition) is 8. The van der Waals surface area contributed by atoms with Gasteiger partial charge in [0.25, 0.3) is 11.7 Å². The first-order valence-electron chi connectivity index (χ1n) is 14.1. The molecule has 0 aliphatic carbocycles. The van der Waals surface area contributed by atoms with Crippen molar-refractivity contribution in [3.63, 3.8) is 0 Å². The third-order valence-corrected chi connectivity index (χ3v) is 9.58. The van der Waals surface area contributed by atoms with Gasteiger partial charge in [-0.25, -0.2) is 17.7 Å². The van der Waals surface area contributed by atoms with E-state index in [1.807, 2.05) is 0 Å². The Hall–Kier alpha value is -4.25. The lowest BCUT2D eigenvalue weighted by atomic mass is 9.91. The lowest BCUT2D eigenvalue weighted by Gasteiger charge is -2.41. The van der Waals surface area contributed by atoms with Crippen LogP contribution < -0.4 is 11.2 Å². The normalized spacial score (nSPS) is 23.9. The third-order valence-electron chi connectivity index (χ3n) is 8.34. The van der Waals surface area contributed by atoms with Crippen LogP contribution in [0.1, 0.15) is 34.3 Å². The fourth-order valence-corrected chi connectivity index (χ4v) is 6.77. The summed E-state index contributed by atoms with van der Waals surface area (Å²) in [6, 6.07) is 7.93. The molecule has 1 aromatic carbocycles. The highest BCUT2D eigenvalue weighted by Gasteiger charge is 2.47. The lowest BCUT2D eigenvalue weighted by molar-refractivity contribution is -0.750. The van der Waals surface area contributed by atoms with Crippen LogP contribution in [0.4, 0.5) is 19.0 Å². The summed E-state index contributed by atoms with van der Waals surface area (Å²) < 4.78 is 63.7. The molecule has 0 bridgehead atoms. The molecule has 0 spiro atoms. The number of allylic oxidation sites excluding steroid dienone is 1. The number of sulfonamides is 1. The second-order valence-corrected chi connectivity index (χ2v) is 13.4. The molecule has 2 fully saturated rings. The van der Waals surface area contributed by atoms with E-state index in [1.54, 1.807) is 35.6 Å². The Bertz CT molecular complexity index is 1780. The highest BCUT2D eigenvalue weighted by molar-refractivity contribution is 7.88. The van der Waals surface area contributed by atoms with Gasteiger partial charge >= 0.3 is 6.18 Å². The molecule has 2 amide bonds. The van der Waals surface area contributed by atoms with Gasteiger partial charge in [0.05, 0.1) is 35.7 Å². The van der Waals surface area contributed by atoms with Gasteiger partial charge in [0, 0.05) is 43.9 Å². The quantitative estimate of drug-likeness (QED) is 0.365. The van der Waals surface area contributed by atoms with Crippen LogP contribution in [0.2, 0.25) is 0 Å². The molecule has 6 rings (SSSR count). The van der Waals surface area contributed by atoms with Crippen LogP contribution in [-0.4, -0.2) is 83.5 Å². The molecule has 5 heterocycles. The number of alkyl halides is 3. The zero-order chi connectivity index (χ0) is 32.1. The van der Waals surface area contributed by atoms with Gasteiger partial charge in [-0.3, -0.25) is 14.6 Å². The minimum absolute atomic E-state index is 0.0766. The highest BCUT2D eigenvalue weighted by atomic mass is 32.2. The van der Waals surface area contributed by atoms with Crippen molar-refractivity contribution in [2.24, 2.45) is 27.7 Å². The van der Waals surface area contributed by atoms with Crippen molar-refractivity contribution >= 4 is 39.7 Å². The number of anilines is 1. The number of fused-ring (bicyclic) bond motifs is 1. The summed E-state index contributed by atoms with van der Waals surface area (Å²) >= 11 is 0. The first kappa shape index (κ1) is 30.8. The molecule has 3 N–H and O–H groups in total. The smallest absolute Gasteiger partial charge is 0.342 e. The number of likely N-dealkylation sites (tertiary alicyclic amines) is 1. The van der Waals surface area contributed by atoms with Crippen molar-refractivity contribution in [3.05, 3.63) is 83.1 Å². The molecule has 2 atom stereocenters. The number of benzene rings is 1. The van der Waals surface area contributed by atoms with Gasteiger partial charge in [0.1, 0.15) is 17.7 Å². The Morgan fingerprint density at radius 2 is 1.84 bits per heavy atom. The van der Waals surface area contributed by atoms with Gasteiger partial charge in [-0.05, 0) is 49.2 Å². The lowest BCUT2D eigenvalue weighted by Crippen LogP contribution is -2.57. The largest absolute Gasteiger partial charge is 0.416 e. The number of nitrogens with zero attached hydrogens (tertiary/aromatic N) is 6. The predicted molar refractivity (Wildman–Crippen MR) is 158 cm³/mol. The maximum absolute atomic E-state index is 13.2. The molecule has 4 aliphatic heterocycles. The van der Waals surface area contributed by atoms with E-state index in [9.17, 15) is 31.2 Å². The van der Waals surface area contributed by atoms with Crippen molar-refractivity contribution in [1.29, 1.82) is 0 Å². The first-order valence-corrected chi connectivity index (χ1v) is 16.0.